The molecule has 6 heteroatoms. The molecule has 0 aliphatic rings. The summed E-state index contributed by atoms with van der Waals surface area (Å²) in [5.41, 5.74) is 0.950. The van der Waals surface area contributed by atoms with Gasteiger partial charge < -0.3 is 14.1 Å². The lowest BCUT2D eigenvalue weighted by Crippen LogP contribution is -2.11. The summed E-state index contributed by atoms with van der Waals surface area (Å²) < 4.78 is 6.99. The molecule has 0 atom stereocenters. The Balaban J connectivity index is 2.35. The van der Waals surface area contributed by atoms with Gasteiger partial charge in [0.25, 0.3) is 0 Å². The molecule has 1 N–H and O–H groups in total. The molecule has 0 fully saturated rings. The first kappa shape index (κ1) is 11.4. The summed E-state index contributed by atoms with van der Waals surface area (Å²) >= 11 is 0. The van der Waals surface area contributed by atoms with E-state index < -0.39 is 5.97 Å². The van der Waals surface area contributed by atoms with E-state index in [1.807, 2.05) is 13.8 Å². The van der Waals surface area contributed by atoms with Gasteiger partial charge in [0.05, 0.1) is 11.9 Å². The minimum absolute atomic E-state index is 0.135. The highest BCUT2D eigenvalue weighted by Gasteiger charge is 2.15. The summed E-state index contributed by atoms with van der Waals surface area (Å²) in [6.45, 7) is 5.70. The smallest absolute Gasteiger partial charge is 0.354 e. The number of carboxylic acid groups (broad SMARTS) is 1. The van der Waals surface area contributed by atoms with Crippen LogP contribution in [0, 0.1) is 20.8 Å². The average Bonchev–Trinajstić information content (AvgIpc) is 2.74. The number of rotatable bonds is 3. The lowest BCUT2D eigenvalue weighted by molar-refractivity contribution is 0.0685. The van der Waals surface area contributed by atoms with Gasteiger partial charge in [0, 0.05) is 0 Å². The third kappa shape index (κ3) is 2.06. The Kier molecular flexibility index (Phi) is 2.71. The van der Waals surface area contributed by atoms with Crippen LogP contribution in [0.1, 0.15) is 33.7 Å². The van der Waals surface area contributed by atoms with E-state index in [4.69, 9.17) is 9.52 Å². The number of nitrogens with zero attached hydrogens (tertiary/aromatic N) is 3. The van der Waals surface area contributed by atoms with Gasteiger partial charge in [0.15, 0.2) is 0 Å². The minimum Gasteiger partial charge on any atom is -0.477 e. The predicted molar refractivity (Wildman–Crippen MR) is 59.0 cm³/mol. The van der Waals surface area contributed by atoms with E-state index in [0.29, 0.717) is 11.7 Å². The van der Waals surface area contributed by atoms with Gasteiger partial charge in [-0.15, -0.1) is 0 Å². The van der Waals surface area contributed by atoms with E-state index in [0.717, 1.165) is 11.5 Å². The van der Waals surface area contributed by atoms with E-state index in [1.54, 1.807) is 11.5 Å². The molecule has 0 aliphatic carbocycles. The van der Waals surface area contributed by atoms with Crippen molar-refractivity contribution < 1.29 is 14.3 Å². The highest BCUT2D eigenvalue weighted by molar-refractivity contribution is 5.85. The third-order valence-corrected chi connectivity index (χ3v) is 2.64. The maximum atomic E-state index is 11.0. The standard InChI is InChI=1S/C11H13N3O3/c1-6-7(2)17-10(13-6)5-14-8(3)12-4-9(14)11(15)16/h4H,5H2,1-3H3,(H,15,16). The Hall–Kier alpha value is -2.11. The fourth-order valence-electron chi connectivity index (χ4n) is 1.58. The van der Waals surface area contributed by atoms with Crippen molar-refractivity contribution in [3.8, 4) is 0 Å². The van der Waals surface area contributed by atoms with Crippen LogP contribution in [0.4, 0.5) is 0 Å². The Labute approximate surface area is 97.9 Å². The fourth-order valence-corrected chi connectivity index (χ4v) is 1.58. The molecule has 0 saturated carbocycles. The SMILES string of the molecule is Cc1nc(Cn2c(C(=O)O)cnc2C)oc1C. The second-order valence-electron chi connectivity index (χ2n) is 3.83. The zero-order valence-electron chi connectivity index (χ0n) is 9.89. The van der Waals surface area contributed by atoms with E-state index in [1.165, 1.54) is 6.20 Å². The number of oxazole rings is 1. The second-order valence-corrected chi connectivity index (χ2v) is 3.83. The van der Waals surface area contributed by atoms with Gasteiger partial charge in [-0.25, -0.2) is 14.8 Å². The molecule has 0 aromatic carbocycles. The van der Waals surface area contributed by atoms with Crippen molar-refractivity contribution in [3.63, 3.8) is 0 Å². The molecule has 0 unspecified atom stereocenters. The van der Waals surface area contributed by atoms with Gasteiger partial charge in [-0.05, 0) is 20.8 Å². The number of hydrogen-bond acceptors (Lipinski definition) is 4. The molecule has 2 aromatic rings. The lowest BCUT2D eigenvalue weighted by atomic mass is 10.4. The molecule has 2 heterocycles. The predicted octanol–water partition coefficient (Wildman–Crippen LogP) is 1.54. The van der Waals surface area contributed by atoms with Crippen molar-refractivity contribution in [3.05, 3.63) is 35.1 Å². The average molecular weight is 235 g/mol. The summed E-state index contributed by atoms with van der Waals surface area (Å²) in [7, 11) is 0. The zero-order chi connectivity index (χ0) is 12.6. The van der Waals surface area contributed by atoms with Gasteiger partial charge in [0.2, 0.25) is 5.89 Å². The topological polar surface area (TPSA) is 81.2 Å². The van der Waals surface area contributed by atoms with Gasteiger partial charge in [-0.2, -0.15) is 0 Å². The highest BCUT2D eigenvalue weighted by atomic mass is 16.4. The Morgan fingerprint density at radius 2 is 2.18 bits per heavy atom. The van der Waals surface area contributed by atoms with Crippen LogP contribution in [0.5, 0.6) is 0 Å². The van der Waals surface area contributed by atoms with E-state index in [9.17, 15) is 4.79 Å². The van der Waals surface area contributed by atoms with E-state index in [-0.39, 0.29) is 12.2 Å². The van der Waals surface area contributed by atoms with Gasteiger partial charge in [0.1, 0.15) is 23.8 Å². The lowest BCUT2D eigenvalue weighted by Gasteiger charge is -2.04. The summed E-state index contributed by atoms with van der Waals surface area (Å²) in [6, 6.07) is 0. The van der Waals surface area contributed by atoms with Crippen molar-refractivity contribution in [2.75, 3.05) is 0 Å². The molecule has 17 heavy (non-hydrogen) atoms. The largest absolute Gasteiger partial charge is 0.477 e. The summed E-state index contributed by atoms with van der Waals surface area (Å²) in [6.07, 6.45) is 1.33. The molecule has 0 radical (unpaired) electrons. The van der Waals surface area contributed by atoms with Crippen LogP contribution in [0.2, 0.25) is 0 Å². The van der Waals surface area contributed by atoms with Crippen molar-refractivity contribution >= 4 is 5.97 Å². The number of aromatic carboxylic acids is 1. The molecule has 0 aliphatic heterocycles. The molecular formula is C11H13N3O3. The molecule has 0 amide bonds. The third-order valence-electron chi connectivity index (χ3n) is 2.64. The monoisotopic (exact) mass is 235 g/mol. The molecule has 2 rings (SSSR count). The van der Waals surface area contributed by atoms with Crippen molar-refractivity contribution in [1.82, 2.24) is 14.5 Å². The minimum atomic E-state index is -1.01. The first-order valence-electron chi connectivity index (χ1n) is 5.17. The van der Waals surface area contributed by atoms with Gasteiger partial charge >= 0.3 is 5.97 Å². The normalized spacial score (nSPS) is 10.8. The molecule has 0 saturated heterocycles. The maximum absolute atomic E-state index is 11.0. The number of aryl methyl sites for hydroxylation is 3. The first-order valence-corrected chi connectivity index (χ1v) is 5.17. The summed E-state index contributed by atoms with van der Waals surface area (Å²) in [5, 5.41) is 9.00. The molecule has 2 aromatic heterocycles. The molecule has 6 nitrogen and oxygen atoms in total. The highest BCUT2D eigenvalue weighted by Crippen LogP contribution is 2.12. The maximum Gasteiger partial charge on any atom is 0.354 e. The number of imidazole rings is 1. The quantitative estimate of drug-likeness (QED) is 0.872. The van der Waals surface area contributed by atoms with Crippen LogP contribution in [0.25, 0.3) is 0 Å². The van der Waals surface area contributed by atoms with Gasteiger partial charge in [-0.1, -0.05) is 0 Å². The fraction of sp³-hybridized carbons (Fsp3) is 0.364. The summed E-state index contributed by atoms with van der Waals surface area (Å²) in [4.78, 5) is 19.2. The van der Waals surface area contributed by atoms with Crippen LogP contribution < -0.4 is 0 Å². The van der Waals surface area contributed by atoms with Crippen LogP contribution in [0.15, 0.2) is 10.6 Å². The van der Waals surface area contributed by atoms with Gasteiger partial charge in [-0.3, -0.25) is 0 Å². The molecule has 90 valence electrons. The van der Waals surface area contributed by atoms with Crippen molar-refractivity contribution in [2.24, 2.45) is 0 Å². The number of hydrogen-bond donors (Lipinski definition) is 1. The Morgan fingerprint density at radius 3 is 2.71 bits per heavy atom. The first-order chi connectivity index (χ1) is 7.99. The van der Waals surface area contributed by atoms with Crippen LogP contribution in [0.3, 0.4) is 0 Å². The number of aromatic nitrogens is 3. The Morgan fingerprint density at radius 1 is 1.47 bits per heavy atom. The second kappa shape index (κ2) is 4.04. The number of carbonyl (C=O) groups is 1. The van der Waals surface area contributed by atoms with Crippen molar-refractivity contribution in [1.29, 1.82) is 0 Å². The number of carboxylic acids is 1. The van der Waals surface area contributed by atoms with Crippen LogP contribution >= 0.6 is 0 Å². The Bertz CT molecular complexity index is 549. The van der Waals surface area contributed by atoms with E-state index >= 15 is 0 Å². The van der Waals surface area contributed by atoms with Crippen LogP contribution in [-0.2, 0) is 6.54 Å². The van der Waals surface area contributed by atoms with E-state index in [2.05, 4.69) is 9.97 Å². The van der Waals surface area contributed by atoms with Crippen molar-refractivity contribution in [2.45, 2.75) is 27.3 Å². The molecular weight excluding hydrogens is 222 g/mol. The van der Waals surface area contributed by atoms with Crippen LogP contribution in [-0.4, -0.2) is 25.6 Å². The zero-order valence-corrected chi connectivity index (χ0v) is 9.89. The molecule has 0 bridgehead atoms. The summed E-state index contributed by atoms with van der Waals surface area (Å²) in [5.74, 6) is 0.847. The molecule has 0 spiro atoms.